The van der Waals surface area contributed by atoms with E-state index in [2.05, 4.69) is 9.88 Å². The Bertz CT molecular complexity index is 1430. The molecular formula is C29H32N4O4. The van der Waals surface area contributed by atoms with Gasteiger partial charge in [-0.2, -0.15) is 0 Å². The highest BCUT2D eigenvalue weighted by Gasteiger charge is 2.13. The van der Waals surface area contributed by atoms with Crippen LogP contribution in [0.4, 0.5) is 0 Å². The van der Waals surface area contributed by atoms with Crippen molar-refractivity contribution in [2.24, 2.45) is 0 Å². The first-order valence-electron chi connectivity index (χ1n) is 12.8. The molecule has 0 saturated carbocycles. The average molecular weight is 501 g/mol. The molecular weight excluding hydrogens is 468 g/mol. The van der Waals surface area contributed by atoms with E-state index >= 15 is 0 Å². The van der Waals surface area contributed by atoms with Crippen LogP contribution in [-0.4, -0.2) is 64.1 Å². The molecule has 37 heavy (non-hydrogen) atoms. The summed E-state index contributed by atoms with van der Waals surface area (Å²) in [7, 11) is 0. The summed E-state index contributed by atoms with van der Waals surface area (Å²) < 4.78 is 14.8. The molecule has 0 amide bonds. The van der Waals surface area contributed by atoms with Crippen molar-refractivity contribution in [2.45, 2.75) is 26.8 Å². The van der Waals surface area contributed by atoms with Gasteiger partial charge in [0.05, 0.1) is 19.8 Å². The molecule has 1 fully saturated rings. The van der Waals surface area contributed by atoms with Gasteiger partial charge in [-0.15, -0.1) is 0 Å². The number of benzene rings is 2. The van der Waals surface area contributed by atoms with Crippen molar-refractivity contribution < 1.29 is 14.3 Å². The highest BCUT2D eigenvalue weighted by molar-refractivity contribution is 6.09. The summed E-state index contributed by atoms with van der Waals surface area (Å²) in [5.41, 5.74) is 3.76. The Labute approximate surface area is 216 Å². The van der Waals surface area contributed by atoms with Gasteiger partial charge in [-0.1, -0.05) is 31.2 Å². The van der Waals surface area contributed by atoms with Gasteiger partial charge < -0.3 is 14.0 Å². The second-order valence-electron chi connectivity index (χ2n) is 9.28. The summed E-state index contributed by atoms with van der Waals surface area (Å²) in [4.78, 5) is 32.7. The number of ketones is 1. The van der Waals surface area contributed by atoms with E-state index in [1.807, 2.05) is 73.1 Å². The van der Waals surface area contributed by atoms with E-state index in [9.17, 15) is 9.59 Å². The first-order chi connectivity index (χ1) is 18.0. The molecule has 192 valence electrons. The molecule has 0 radical (unpaired) electrons. The van der Waals surface area contributed by atoms with Crippen molar-refractivity contribution in [2.75, 3.05) is 39.5 Å². The third-order valence-corrected chi connectivity index (χ3v) is 6.87. The Morgan fingerprint density at radius 3 is 2.35 bits per heavy atom. The molecule has 4 aromatic rings. The standard InChI is InChI=1S/C29H32N4O4/c1-3-26-21(2)30-29-32(12-13-33(29)28(26)35)20-22-4-6-23(7-5-22)27(34)24-8-10-25(11-9-24)37-19-16-31-14-17-36-18-15-31/h4-13H,3,14-20H2,1-2H3. The third-order valence-electron chi connectivity index (χ3n) is 6.87. The number of aromatic nitrogens is 3. The Kier molecular flexibility index (Phi) is 7.48. The zero-order chi connectivity index (χ0) is 25.8. The van der Waals surface area contributed by atoms with Crippen LogP contribution in [0.15, 0.2) is 65.7 Å². The second kappa shape index (κ2) is 11.1. The molecule has 0 spiro atoms. The normalized spacial score (nSPS) is 14.2. The van der Waals surface area contributed by atoms with Crippen LogP contribution in [-0.2, 0) is 17.7 Å². The lowest BCUT2D eigenvalue weighted by Gasteiger charge is -2.26. The van der Waals surface area contributed by atoms with E-state index < -0.39 is 0 Å². The molecule has 8 nitrogen and oxygen atoms in total. The van der Waals surface area contributed by atoms with Crippen molar-refractivity contribution in [3.8, 4) is 5.75 Å². The predicted molar refractivity (Wildman–Crippen MR) is 142 cm³/mol. The van der Waals surface area contributed by atoms with Gasteiger partial charge in [-0.25, -0.2) is 4.98 Å². The first kappa shape index (κ1) is 24.9. The highest BCUT2D eigenvalue weighted by Crippen LogP contribution is 2.17. The summed E-state index contributed by atoms with van der Waals surface area (Å²) in [5, 5.41) is 0. The largest absolute Gasteiger partial charge is 0.492 e. The summed E-state index contributed by atoms with van der Waals surface area (Å²) in [6, 6.07) is 14.9. The number of nitrogens with zero attached hydrogens (tertiary/aromatic N) is 4. The molecule has 0 N–H and O–H groups in total. The Hall–Kier alpha value is -3.75. The fourth-order valence-electron chi connectivity index (χ4n) is 4.69. The maximum Gasteiger partial charge on any atom is 0.262 e. The maximum atomic E-state index is 13.0. The predicted octanol–water partition coefficient (Wildman–Crippen LogP) is 3.36. The SMILES string of the molecule is CCc1c(C)nc2n(Cc3ccc(C(=O)c4ccc(OCCN5CCOCC5)cc4)cc3)ccn2c1=O. The number of hydrogen-bond acceptors (Lipinski definition) is 6. The van der Waals surface area contributed by atoms with Crippen LogP contribution in [0.1, 0.15) is 39.7 Å². The van der Waals surface area contributed by atoms with E-state index in [-0.39, 0.29) is 11.3 Å². The number of morpholine rings is 1. The zero-order valence-electron chi connectivity index (χ0n) is 21.4. The zero-order valence-corrected chi connectivity index (χ0v) is 21.4. The van der Waals surface area contributed by atoms with E-state index in [4.69, 9.17) is 9.47 Å². The first-order valence-corrected chi connectivity index (χ1v) is 12.8. The number of carbonyl (C=O) groups excluding carboxylic acids is 1. The lowest BCUT2D eigenvalue weighted by molar-refractivity contribution is 0.0322. The molecule has 2 aromatic carbocycles. The van der Waals surface area contributed by atoms with Gasteiger partial charge in [0.2, 0.25) is 5.78 Å². The lowest BCUT2D eigenvalue weighted by atomic mass is 10.0. The molecule has 0 bridgehead atoms. The minimum atomic E-state index is -0.0335. The molecule has 1 aliphatic heterocycles. The molecule has 8 heteroatoms. The van der Waals surface area contributed by atoms with Crippen LogP contribution in [0.25, 0.3) is 5.78 Å². The third kappa shape index (κ3) is 5.50. The fourth-order valence-corrected chi connectivity index (χ4v) is 4.69. The van der Waals surface area contributed by atoms with E-state index in [0.717, 1.165) is 55.4 Å². The fraction of sp³-hybridized carbons (Fsp3) is 0.345. The summed E-state index contributed by atoms with van der Waals surface area (Å²) >= 11 is 0. The summed E-state index contributed by atoms with van der Waals surface area (Å²) in [5.74, 6) is 1.34. The Morgan fingerprint density at radius 1 is 1.00 bits per heavy atom. The molecule has 1 saturated heterocycles. The van der Waals surface area contributed by atoms with Crippen LogP contribution >= 0.6 is 0 Å². The van der Waals surface area contributed by atoms with Crippen molar-refractivity contribution >= 4 is 11.6 Å². The van der Waals surface area contributed by atoms with Crippen LogP contribution in [0.3, 0.4) is 0 Å². The summed E-state index contributed by atoms with van der Waals surface area (Å²) in [6.07, 6.45) is 4.29. The van der Waals surface area contributed by atoms with E-state index in [1.54, 1.807) is 10.6 Å². The van der Waals surface area contributed by atoms with Crippen molar-refractivity contribution in [3.63, 3.8) is 0 Å². The Morgan fingerprint density at radius 2 is 1.68 bits per heavy atom. The number of hydrogen-bond donors (Lipinski definition) is 0. The number of aryl methyl sites for hydroxylation is 1. The van der Waals surface area contributed by atoms with Gasteiger partial charge in [-0.3, -0.25) is 18.9 Å². The molecule has 0 aliphatic carbocycles. The lowest BCUT2D eigenvalue weighted by Crippen LogP contribution is -2.38. The smallest absolute Gasteiger partial charge is 0.262 e. The number of ether oxygens (including phenoxy) is 2. The maximum absolute atomic E-state index is 13.0. The molecule has 3 heterocycles. The van der Waals surface area contributed by atoms with Gasteiger partial charge in [0, 0.05) is 54.4 Å². The number of rotatable bonds is 9. The second-order valence-corrected chi connectivity index (χ2v) is 9.28. The molecule has 0 atom stereocenters. The van der Waals surface area contributed by atoms with E-state index in [1.165, 1.54) is 0 Å². The van der Waals surface area contributed by atoms with Gasteiger partial charge in [0.1, 0.15) is 12.4 Å². The van der Waals surface area contributed by atoms with Crippen LogP contribution in [0.2, 0.25) is 0 Å². The number of imidazole rings is 1. The van der Waals surface area contributed by atoms with Crippen LogP contribution in [0, 0.1) is 6.92 Å². The van der Waals surface area contributed by atoms with Gasteiger partial charge in [0.25, 0.3) is 5.56 Å². The Balaban J connectivity index is 1.21. The topological polar surface area (TPSA) is 78.1 Å². The minimum Gasteiger partial charge on any atom is -0.492 e. The van der Waals surface area contributed by atoms with Gasteiger partial charge in [0.15, 0.2) is 5.78 Å². The van der Waals surface area contributed by atoms with Crippen molar-refractivity contribution in [1.29, 1.82) is 0 Å². The van der Waals surface area contributed by atoms with Crippen molar-refractivity contribution in [1.82, 2.24) is 18.9 Å². The molecule has 2 aromatic heterocycles. The average Bonchev–Trinajstić information content (AvgIpc) is 3.32. The van der Waals surface area contributed by atoms with Gasteiger partial charge in [-0.05, 0) is 43.2 Å². The number of fused-ring (bicyclic) bond motifs is 1. The van der Waals surface area contributed by atoms with E-state index in [0.29, 0.717) is 36.5 Å². The summed E-state index contributed by atoms with van der Waals surface area (Å²) in [6.45, 7) is 9.30. The molecule has 0 unspecified atom stereocenters. The van der Waals surface area contributed by atoms with Crippen molar-refractivity contribution in [3.05, 3.63) is 99.2 Å². The molecule has 1 aliphatic rings. The van der Waals surface area contributed by atoms with Gasteiger partial charge >= 0.3 is 0 Å². The molecule has 5 rings (SSSR count). The minimum absolute atomic E-state index is 0.0155. The van der Waals surface area contributed by atoms with Crippen LogP contribution < -0.4 is 10.3 Å². The highest BCUT2D eigenvalue weighted by atomic mass is 16.5. The quantitative estimate of drug-likeness (QED) is 0.328. The monoisotopic (exact) mass is 500 g/mol. The number of carbonyl (C=O) groups is 1. The van der Waals surface area contributed by atoms with Crippen LogP contribution in [0.5, 0.6) is 5.75 Å².